The van der Waals surface area contributed by atoms with Gasteiger partial charge in [0, 0.05) is 92.0 Å². The molecule has 0 saturated carbocycles. The number of fused-ring (bicyclic) bond motifs is 30. The van der Waals surface area contributed by atoms with Crippen molar-refractivity contribution in [3.8, 4) is 0 Å². The van der Waals surface area contributed by atoms with Gasteiger partial charge in [-0.1, -0.05) is 260 Å². The van der Waals surface area contributed by atoms with E-state index in [1.165, 1.54) is 129 Å². The number of nitrogens with zero attached hydrogens (tertiary/aromatic N) is 6. The molecule has 0 unspecified atom stereocenters. The Morgan fingerprint density at radius 2 is 0.479 bits per heavy atom. The molecule has 15 aromatic carbocycles. The lowest BCUT2D eigenvalue weighted by Crippen LogP contribution is -1.90. The third-order valence-corrected chi connectivity index (χ3v) is 18.3. The van der Waals surface area contributed by atoms with E-state index in [0.29, 0.717) is 27.6 Å². The lowest BCUT2D eigenvalue weighted by atomic mass is 9.94. The van der Waals surface area contributed by atoms with Crippen LogP contribution in [0, 0.1) is 34.5 Å². The summed E-state index contributed by atoms with van der Waals surface area (Å²) in [5, 5.41) is 31.5. The molecule has 20 rings (SSSR count). The molecule has 6 heteroatoms. The summed E-state index contributed by atoms with van der Waals surface area (Å²) in [5.41, 5.74) is 9.19. The van der Waals surface area contributed by atoms with Crippen LogP contribution in [0.1, 0.15) is 40.9 Å². The van der Waals surface area contributed by atoms with Gasteiger partial charge in [-0.05, 0) is 156 Å². The molecular weight excluding hydrogens is 1170 g/mol. The molecule has 0 aliphatic rings. The molecule has 96 heavy (non-hydrogen) atoms. The van der Waals surface area contributed by atoms with Crippen LogP contribution in [-0.4, -0.2) is 29.9 Å². The zero-order valence-electron chi connectivity index (χ0n) is 56.3. The normalized spacial score (nSPS) is 11.8. The van der Waals surface area contributed by atoms with Crippen molar-refractivity contribution in [1.29, 1.82) is 0 Å². The van der Waals surface area contributed by atoms with Crippen molar-refractivity contribution < 1.29 is 5.48 Å². The number of rotatable bonds is 0. The molecule has 0 aliphatic heterocycles. The van der Waals surface area contributed by atoms with Crippen LogP contribution in [0.2, 0.25) is 0 Å². The van der Waals surface area contributed by atoms with E-state index in [1.807, 2.05) is 86.7 Å². The van der Waals surface area contributed by atoms with E-state index in [-0.39, 0.29) is 7.43 Å². The third-order valence-electron chi connectivity index (χ3n) is 18.3. The topological polar surface area (TPSA) is 77.3 Å². The molecule has 5 heterocycles. The Labute approximate surface area is 562 Å². The highest BCUT2D eigenvalue weighted by Gasteiger charge is 2.14. The molecular formula is C90H68N6. The van der Waals surface area contributed by atoms with E-state index in [4.69, 9.17) is 10.5 Å². The molecule has 0 saturated heterocycles. The van der Waals surface area contributed by atoms with Crippen LogP contribution in [0.3, 0.4) is 0 Å². The Balaban J connectivity index is 0.000000101. The van der Waals surface area contributed by atoms with E-state index in [9.17, 15) is 0 Å². The summed E-state index contributed by atoms with van der Waals surface area (Å²) in [5.74, 6) is 0. The average Bonchev–Trinajstić information content (AvgIpc) is 0.784. The summed E-state index contributed by atoms with van der Waals surface area (Å²) in [7, 11) is 0. The summed E-state index contributed by atoms with van der Waals surface area (Å²) in [6.07, 6.45) is 13.1. The summed E-state index contributed by atoms with van der Waals surface area (Å²) < 4.78 is 30.3. The Kier molecular flexibility index (Phi) is 14.7. The third kappa shape index (κ3) is 10.8. The van der Waals surface area contributed by atoms with E-state index in [2.05, 4.69) is 243 Å². The van der Waals surface area contributed by atoms with Crippen LogP contribution in [0.5, 0.6) is 0 Å². The van der Waals surface area contributed by atoms with Gasteiger partial charge in [-0.3, -0.25) is 24.9 Å². The number of pyridine rings is 4. The predicted octanol–water partition coefficient (Wildman–Crippen LogP) is 24.3. The molecule has 0 amide bonds. The van der Waals surface area contributed by atoms with Gasteiger partial charge in [-0.25, -0.2) is 4.98 Å². The van der Waals surface area contributed by atoms with Crippen molar-refractivity contribution in [3.05, 3.63) is 326 Å². The van der Waals surface area contributed by atoms with Crippen molar-refractivity contribution in [2.24, 2.45) is 0 Å². The maximum atomic E-state index is 7.58. The van der Waals surface area contributed by atoms with E-state index in [0.717, 1.165) is 60.8 Å². The lowest BCUT2D eigenvalue weighted by molar-refractivity contribution is 1.19. The zero-order valence-corrected chi connectivity index (χ0v) is 52.3. The Morgan fingerprint density at radius 3 is 0.875 bits per heavy atom. The minimum absolute atomic E-state index is 0. The Hall–Kier alpha value is -12.1. The van der Waals surface area contributed by atoms with Crippen molar-refractivity contribution in [3.63, 3.8) is 0 Å². The van der Waals surface area contributed by atoms with Crippen LogP contribution in [0.4, 0.5) is 0 Å². The van der Waals surface area contributed by atoms with Crippen molar-refractivity contribution in [2.75, 3.05) is 0 Å². The second kappa shape index (κ2) is 25.4. The fraction of sp³-hybridized carbons (Fsp3) is 0.0667. The van der Waals surface area contributed by atoms with Crippen LogP contribution in [-0.2, 0) is 0 Å². The highest BCUT2D eigenvalue weighted by atomic mass is 14.8. The molecule has 0 bridgehead atoms. The summed E-state index contributed by atoms with van der Waals surface area (Å²) >= 11 is 0. The molecule has 0 atom stereocenters. The molecule has 5 aromatic heterocycles. The smallest absolute Gasteiger partial charge is 0.0974 e. The first-order valence-electron chi connectivity index (χ1n) is 34.6. The zero-order chi connectivity index (χ0) is 66.9. The number of hydrogen-bond acceptors (Lipinski definition) is 6. The van der Waals surface area contributed by atoms with E-state index < -0.39 is 0 Å². The van der Waals surface area contributed by atoms with Crippen LogP contribution in [0.25, 0.3) is 162 Å². The average molecular weight is 1240 g/mol. The highest BCUT2D eigenvalue weighted by Crippen LogP contribution is 2.40. The second-order valence-electron chi connectivity index (χ2n) is 24.1. The monoisotopic (exact) mass is 1240 g/mol. The second-order valence-corrected chi connectivity index (χ2v) is 24.1. The molecule has 20 aromatic rings. The molecule has 0 N–H and O–H groups in total. The number of hydrogen-bond donors (Lipinski definition) is 0. The van der Waals surface area contributed by atoms with Gasteiger partial charge < -0.3 is 0 Å². The fourth-order valence-electron chi connectivity index (χ4n) is 14.0. The summed E-state index contributed by atoms with van der Waals surface area (Å²) in [6.45, 7) is 3.24. The molecule has 458 valence electrons. The van der Waals surface area contributed by atoms with Gasteiger partial charge in [0.15, 0.2) is 0 Å². The fourth-order valence-corrected chi connectivity index (χ4v) is 14.0. The molecule has 0 aliphatic carbocycles. The van der Waals surface area contributed by atoms with E-state index in [1.54, 1.807) is 0 Å². The number of benzene rings is 15. The largest absolute Gasteiger partial charge is 0.264 e. The van der Waals surface area contributed by atoms with Crippen molar-refractivity contribution in [2.45, 2.75) is 41.9 Å². The quantitative estimate of drug-likeness (QED) is 0.141. The van der Waals surface area contributed by atoms with Crippen molar-refractivity contribution >= 4 is 162 Å². The number of aryl methyl sites for hydroxylation is 5. The van der Waals surface area contributed by atoms with Gasteiger partial charge in [0.2, 0.25) is 0 Å². The summed E-state index contributed by atoms with van der Waals surface area (Å²) in [6, 6.07) is 88.0. The standard InChI is InChI=1S/4C18H13N.C17H12N2.CH4/c1-12-8-9-14-13-5-2-3-6-15(13)18-16(17(14)11-12)7-4-10-19-18;1-12-8-9-16-17(11-12)14-6-3-2-5-13(14)15-7-4-10-19-18(15)16;1-12-6-7-15-16-8-9-19-11-18(16)14-5-3-2-4-13(14)17(15)10-12;1-12-6-7-15-17(10-12)14-5-3-2-4-13(14)16-8-9-19-11-18(15)16;1-11-10-18-16-14-8-4-2-6-12(14)13-7-3-5-9-15(13)17(16)19-11;/h4*2-11H,1H3;2-10H,1H3;1H4/i4*1D;;. The van der Waals surface area contributed by atoms with Gasteiger partial charge in [-0.2, -0.15) is 0 Å². The van der Waals surface area contributed by atoms with Crippen LogP contribution >= 0.6 is 0 Å². The molecule has 0 spiro atoms. The maximum Gasteiger partial charge on any atom is 0.0974 e. The van der Waals surface area contributed by atoms with Gasteiger partial charge in [0.1, 0.15) is 0 Å². The predicted molar refractivity (Wildman–Crippen MR) is 412 cm³/mol. The molecule has 0 radical (unpaired) electrons. The first-order valence-corrected chi connectivity index (χ1v) is 31.8. The van der Waals surface area contributed by atoms with Crippen molar-refractivity contribution in [1.82, 2.24) is 29.9 Å². The molecule has 0 fully saturated rings. The summed E-state index contributed by atoms with van der Waals surface area (Å²) in [4.78, 5) is 27.0. The highest BCUT2D eigenvalue weighted by molar-refractivity contribution is 6.28. The van der Waals surface area contributed by atoms with Gasteiger partial charge >= 0.3 is 0 Å². The first kappa shape index (κ1) is 55.5. The number of aromatic nitrogens is 6. The first-order chi connectivity index (χ1) is 48.9. The SMILES string of the molecule is C.Cc1cnc2c3ccccc3c3ccccc3c2n1.[2H]Cc1ccc2c(c1)c1ccccc1c1cccnc12.[2H]Cc1ccc2c3ccccc3c3ncccc3c2c1.[2H]Cc1ccc2c3ccncc3c3ccccc3c2c1.[2H]Cc1ccc2c3cnccc3c3ccccc3c2c1. The van der Waals surface area contributed by atoms with Gasteiger partial charge in [-0.15, -0.1) is 0 Å². The van der Waals surface area contributed by atoms with E-state index >= 15 is 0 Å². The lowest BCUT2D eigenvalue weighted by Gasteiger charge is -2.10. The Morgan fingerprint density at radius 1 is 0.219 bits per heavy atom. The molecule has 6 nitrogen and oxygen atoms in total. The minimum atomic E-state index is 0. The van der Waals surface area contributed by atoms with Crippen LogP contribution in [0.15, 0.2) is 298 Å². The van der Waals surface area contributed by atoms with Gasteiger partial charge in [0.05, 0.1) is 27.8 Å². The van der Waals surface area contributed by atoms with Gasteiger partial charge in [0.25, 0.3) is 0 Å². The maximum absolute atomic E-state index is 7.58. The van der Waals surface area contributed by atoms with Crippen LogP contribution < -0.4 is 0 Å². The minimum Gasteiger partial charge on any atom is -0.264 e. The Bertz CT molecular complexity index is 5730.